The fraction of sp³-hybridized carbons (Fsp3) is 0.0476. The molecule has 0 spiro atoms. The van der Waals surface area contributed by atoms with Crippen LogP contribution in [0.5, 0.6) is 0 Å². The third kappa shape index (κ3) is 2.75. The lowest BCUT2D eigenvalue weighted by molar-refractivity contribution is 1.20. The smallest absolute Gasteiger partial charge is 0.130 e. The zero-order valence-corrected chi connectivity index (χ0v) is 14.3. The Bertz CT molecular complexity index is 1080. The molecule has 0 unspecified atom stereocenters. The van der Waals surface area contributed by atoms with Gasteiger partial charge in [-0.1, -0.05) is 60.7 Å². The highest BCUT2D eigenvalue weighted by molar-refractivity contribution is 7.19. The molecule has 0 aliphatic heterocycles. The summed E-state index contributed by atoms with van der Waals surface area (Å²) in [6.45, 7) is 0. The normalized spacial score (nSPS) is 10.7. The van der Waals surface area contributed by atoms with E-state index in [1.165, 1.54) is 16.9 Å². The molecule has 2 aromatic carbocycles. The largest absolute Gasteiger partial charge is 0.396 e. The highest BCUT2D eigenvalue weighted by atomic mass is 32.1. The number of nitrogens with two attached hydrogens (primary N) is 1. The highest BCUT2D eigenvalue weighted by Crippen LogP contribution is 2.39. The molecular formula is C21H15N3S. The summed E-state index contributed by atoms with van der Waals surface area (Å²) in [6, 6.07) is 22.7. The van der Waals surface area contributed by atoms with Gasteiger partial charge in [-0.3, -0.25) is 0 Å². The standard InChI is InChI=1S/C21H15N3S/c22-12-18-20(23)19-16(11-14-7-3-1-4-8-14)17(13-24-21(19)25-18)15-9-5-2-6-10-15/h1-10,13H,11,23H2. The Labute approximate surface area is 150 Å². The van der Waals surface area contributed by atoms with Crippen LogP contribution in [0.3, 0.4) is 0 Å². The first-order valence-corrected chi connectivity index (χ1v) is 8.79. The first-order chi connectivity index (χ1) is 12.3. The van der Waals surface area contributed by atoms with Gasteiger partial charge in [-0.25, -0.2) is 4.98 Å². The van der Waals surface area contributed by atoms with Gasteiger partial charge >= 0.3 is 0 Å². The molecule has 0 fully saturated rings. The van der Waals surface area contributed by atoms with E-state index in [1.54, 1.807) is 0 Å². The number of pyridine rings is 1. The summed E-state index contributed by atoms with van der Waals surface area (Å²) in [5.41, 5.74) is 11.3. The number of nitriles is 1. The predicted molar refractivity (Wildman–Crippen MR) is 103 cm³/mol. The summed E-state index contributed by atoms with van der Waals surface area (Å²) in [5, 5.41) is 10.2. The zero-order valence-electron chi connectivity index (χ0n) is 13.4. The van der Waals surface area contributed by atoms with E-state index in [2.05, 4.69) is 35.3 Å². The number of rotatable bonds is 3. The summed E-state index contributed by atoms with van der Waals surface area (Å²) >= 11 is 1.36. The van der Waals surface area contributed by atoms with E-state index >= 15 is 0 Å². The minimum absolute atomic E-state index is 0.530. The van der Waals surface area contributed by atoms with Crippen LogP contribution in [0.4, 0.5) is 5.69 Å². The molecule has 120 valence electrons. The SMILES string of the molecule is N#Cc1sc2ncc(-c3ccccc3)c(Cc3ccccc3)c2c1N. The van der Waals surface area contributed by atoms with Crippen molar-refractivity contribution in [3.63, 3.8) is 0 Å². The Hall–Kier alpha value is -3.16. The van der Waals surface area contributed by atoms with Crippen molar-refractivity contribution in [3.8, 4) is 17.2 Å². The van der Waals surface area contributed by atoms with Crippen molar-refractivity contribution in [2.45, 2.75) is 6.42 Å². The van der Waals surface area contributed by atoms with E-state index in [-0.39, 0.29) is 0 Å². The quantitative estimate of drug-likeness (QED) is 0.570. The van der Waals surface area contributed by atoms with E-state index in [4.69, 9.17) is 5.73 Å². The average Bonchev–Trinajstić information content (AvgIpc) is 3.00. The molecule has 2 N–H and O–H groups in total. The molecule has 4 heteroatoms. The highest BCUT2D eigenvalue weighted by Gasteiger charge is 2.18. The maximum atomic E-state index is 9.34. The van der Waals surface area contributed by atoms with Gasteiger partial charge in [0.2, 0.25) is 0 Å². The predicted octanol–water partition coefficient (Wildman–Crippen LogP) is 5.01. The summed E-state index contributed by atoms with van der Waals surface area (Å²) in [6.07, 6.45) is 2.64. The number of hydrogen-bond donors (Lipinski definition) is 1. The molecule has 0 aliphatic rings. The number of fused-ring (bicyclic) bond motifs is 1. The Balaban J connectivity index is 2.00. The van der Waals surface area contributed by atoms with Gasteiger partial charge in [0, 0.05) is 17.1 Å². The van der Waals surface area contributed by atoms with E-state index in [0.29, 0.717) is 10.6 Å². The van der Waals surface area contributed by atoms with Crippen LogP contribution >= 0.6 is 11.3 Å². The fourth-order valence-corrected chi connectivity index (χ4v) is 3.97. The van der Waals surface area contributed by atoms with Gasteiger partial charge in [-0.2, -0.15) is 5.26 Å². The van der Waals surface area contributed by atoms with Gasteiger partial charge in [0.1, 0.15) is 15.8 Å². The van der Waals surface area contributed by atoms with Crippen LogP contribution in [-0.2, 0) is 6.42 Å². The fourth-order valence-electron chi connectivity index (χ4n) is 3.08. The van der Waals surface area contributed by atoms with Gasteiger partial charge in [0.25, 0.3) is 0 Å². The number of thiophene rings is 1. The lowest BCUT2D eigenvalue weighted by Crippen LogP contribution is -1.97. The molecule has 0 aliphatic carbocycles. The van der Waals surface area contributed by atoms with Crippen molar-refractivity contribution in [3.05, 3.63) is 82.9 Å². The molecule has 4 aromatic rings. The Kier molecular flexibility index (Phi) is 3.93. The van der Waals surface area contributed by atoms with E-state index in [0.717, 1.165) is 33.3 Å². The van der Waals surface area contributed by atoms with E-state index in [9.17, 15) is 5.26 Å². The molecule has 0 bridgehead atoms. The molecule has 0 saturated carbocycles. The van der Waals surface area contributed by atoms with Gasteiger partial charge < -0.3 is 5.73 Å². The summed E-state index contributed by atoms with van der Waals surface area (Å²) in [4.78, 5) is 5.93. The molecule has 0 radical (unpaired) electrons. The van der Waals surface area contributed by atoms with E-state index < -0.39 is 0 Å². The van der Waals surface area contributed by atoms with Crippen molar-refractivity contribution in [2.24, 2.45) is 0 Å². The second kappa shape index (κ2) is 6.39. The van der Waals surface area contributed by atoms with Crippen molar-refractivity contribution in [1.82, 2.24) is 4.98 Å². The van der Waals surface area contributed by atoms with Gasteiger partial charge in [-0.05, 0) is 23.1 Å². The number of anilines is 1. The van der Waals surface area contributed by atoms with Crippen LogP contribution < -0.4 is 5.73 Å². The van der Waals surface area contributed by atoms with Crippen molar-refractivity contribution in [2.75, 3.05) is 5.73 Å². The number of aromatic nitrogens is 1. The summed E-state index contributed by atoms with van der Waals surface area (Å²) < 4.78 is 0. The number of nitrogens with zero attached hydrogens (tertiary/aromatic N) is 2. The van der Waals surface area contributed by atoms with E-state index in [1.807, 2.05) is 42.6 Å². The molecule has 4 rings (SSSR count). The third-order valence-electron chi connectivity index (χ3n) is 4.27. The molecule has 0 atom stereocenters. The zero-order chi connectivity index (χ0) is 17.2. The van der Waals surface area contributed by atoms with Crippen LogP contribution in [0.15, 0.2) is 66.9 Å². The Morgan fingerprint density at radius 3 is 2.36 bits per heavy atom. The van der Waals surface area contributed by atoms with Crippen LogP contribution in [0.1, 0.15) is 16.0 Å². The molecule has 2 aromatic heterocycles. The number of nitrogen functional groups attached to an aromatic ring is 1. The first-order valence-electron chi connectivity index (χ1n) is 7.97. The maximum absolute atomic E-state index is 9.34. The molecule has 3 nitrogen and oxygen atoms in total. The molecule has 0 amide bonds. The molecule has 2 heterocycles. The van der Waals surface area contributed by atoms with Gasteiger partial charge in [-0.15, -0.1) is 11.3 Å². The minimum Gasteiger partial charge on any atom is -0.396 e. The van der Waals surface area contributed by atoms with Crippen LogP contribution in [0.25, 0.3) is 21.3 Å². The third-order valence-corrected chi connectivity index (χ3v) is 5.29. The lowest BCUT2D eigenvalue weighted by atomic mass is 9.94. The minimum atomic E-state index is 0.530. The summed E-state index contributed by atoms with van der Waals surface area (Å²) in [7, 11) is 0. The number of benzene rings is 2. The Morgan fingerprint density at radius 2 is 1.68 bits per heavy atom. The second-order valence-corrected chi connectivity index (χ2v) is 6.81. The molecule has 25 heavy (non-hydrogen) atoms. The van der Waals surface area contributed by atoms with Crippen LogP contribution in [-0.4, -0.2) is 4.98 Å². The van der Waals surface area contributed by atoms with Crippen molar-refractivity contribution >= 4 is 27.2 Å². The van der Waals surface area contributed by atoms with Crippen molar-refractivity contribution in [1.29, 1.82) is 5.26 Å². The average molecular weight is 341 g/mol. The van der Waals surface area contributed by atoms with Crippen LogP contribution in [0, 0.1) is 11.3 Å². The van der Waals surface area contributed by atoms with Crippen LogP contribution in [0.2, 0.25) is 0 Å². The first kappa shape index (κ1) is 15.4. The topological polar surface area (TPSA) is 62.7 Å². The molecular weight excluding hydrogens is 326 g/mol. The van der Waals surface area contributed by atoms with Crippen molar-refractivity contribution < 1.29 is 0 Å². The molecule has 0 saturated heterocycles. The monoisotopic (exact) mass is 341 g/mol. The van der Waals surface area contributed by atoms with Gasteiger partial charge in [0.15, 0.2) is 0 Å². The number of hydrogen-bond acceptors (Lipinski definition) is 4. The van der Waals surface area contributed by atoms with Gasteiger partial charge in [0.05, 0.1) is 5.69 Å². The summed E-state index contributed by atoms with van der Waals surface area (Å²) in [5.74, 6) is 0. The lowest BCUT2D eigenvalue weighted by Gasteiger charge is -2.12. The second-order valence-electron chi connectivity index (χ2n) is 5.82. The Morgan fingerprint density at radius 1 is 1.00 bits per heavy atom. The maximum Gasteiger partial charge on any atom is 0.130 e.